The number of carbonyl (C=O) groups excluding carboxylic acids is 1. The summed E-state index contributed by atoms with van der Waals surface area (Å²) in [6.45, 7) is 1.68. The third-order valence-electron chi connectivity index (χ3n) is 2.32. The van der Waals surface area contributed by atoms with Crippen LogP contribution in [0.1, 0.15) is 18.4 Å². The Bertz CT molecular complexity index is 309. The van der Waals surface area contributed by atoms with Crippen LogP contribution in [0, 0.1) is 0 Å². The zero-order valence-electron chi connectivity index (χ0n) is 10.5. The molecule has 0 fully saturated rings. The van der Waals surface area contributed by atoms with Gasteiger partial charge in [0, 0.05) is 25.4 Å². The number of rotatable bonds is 7. The van der Waals surface area contributed by atoms with Crippen molar-refractivity contribution < 1.29 is 4.79 Å². The smallest absolute Gasteiger partial charge is 0.220 e. The molecule has 6 heteroatoms. The quantitative estimate of drug-likeness (QED) is 0.751. The van der Waals surface area contributed by atoms with Gasteiger partial charge in [-0.3, -0.25) is 9.78 Å². The summed E-state index contributed by atoms with van der Waals surface area (Å²) in [5, 5.41) is 5.93. The highest BCUT2D eigenvalue weighted by atomic mass is 35.5. The second-order valence-corrected chi connectivity index (χ2v) is 3.66. The first-order chi connectivity index (χ1) is 7.83. The van der Waals surface area contributed by atoms with E-state index in [1.807, 2.05) is 19.2 Å². The molecule has 0 radical (unpaired) electrons. The lowest BCUT2D eigenvalue weighted by Gasteiger charge is -2.04. The van der Waals surface area contributed by atoms with Crippen molar-refractivity contribution in [2.24, 2.45) is 0 Å². The molecule has 0 saturated carbocycles. The third kappa shape index (κ3) is 9.22. The average molecular weight is 294 g/mol. The maximum Gasteiger partial charge on any atom is 0.220 e. The van der Waals surface area contributed by atoms with Gasteiger partial charge in [0.25, 0.3) is 0 Å². The Balaban J connectivity index is 0. The van der Waals surface area contributed by atoms with Crippen LogP contribution in [0.2, 0.25) is 0 Å². The molecule has 1 aromatic rings. The minimum absolute atomic E-state index is 0. The van der Waals surface area contributed by atoms with Crippen LogP contribution in [0.4, 0.5) is 0 Å². The molecule has 4 nitrogen and oxygen atoms in total. The number of hydrogen-bond donors (Lipinski definition) is 2. The van der Waals surface area contributed by atoms with Crippen LogP contribution >= 0.6 is 24.8 Å². The monoisotopic (exact) mass is 293 g/mol. The van der Waals surface area contributed by atoms with Crippen LogP contribution in [0.15, 0.2) is 24.5 Å². The molecule has 0 aliphatic rings. The van der Waals surface area contributed by atoms with Crippen LogP contribution in [0.3, 0.4) is 0 Å². The second-order valence-electron chi connectivity index (χ2n) is 3.66. The van der Waals surface area contributed by atoms with E-state index < -0.39 is 0 Å². The molecule has 0 aliphatic heterocycles. The van der Waals surface area contributed by atoms with Crippen LogP contribution in [-0.4, -0.2) is 31.0 Å². The summed E-state index contributed by atoms with van der Waals surface area (Å²) in [5.74, 6) is 0.118. The van der Waals surface area contributed by atoms with Crippen LogP contribution < -0.4 is 10.6 Å². The summed E-state index contributed by atoms with van der Waals surface area (Å²) in [5.41, 5.74) is 1.15. The second kappa shape index (κ2) is 12.6. The zero-order valence-corrected chi connectivity index (χ0v) is 12.1. The molecule has 0 unspecified atom stereocenters. The first-order valence-corrected chi connectivity index (χ1v) is 5.63. The molecule has 0 atom stereocenters. The Labute approximate surface area is 121 Å². The van der Waals surface area contributed by atoms with Crippen LogP contribution in [0.25, 0.3) is 0 Å². The SMILES string of the molecule is CNCCCNC(=O)CCc1ccncc1.Cl.Cl. The molecule has 0 aromatic carbocycles. The summed E-state index contributed by atoms with van der Waals surface area (Å²) in [7, 11) is 1.91. The Morgan fingerprint density at radius 2 is 1.89 bits per heavy atom. The highest BCUT2D eigenvalue weighted by molar-refractivity contribution is 5.85. The van der Waals surface area contributed by atoms with E-state index in [4.69, 9.17) is 0 Å². The van der Waals surface area contributed by atoms with E-state index in [1.54, 1.807) is 12.4 Å². The lowest BCUT2D eigenvalue weighted by atomic mass is 10.1. The number of pyridine rings is 1. The van der Waals surface area contributed by atoms with Gasteiger partial charge in [-0.05, 0) is 44.1 Å². The summed E-state index contributed by atoms with van der Waals surface area (Å²) in [6.07, 6.45) is 5.79. The molecular weight excluding hydrogens is 273 g/mol. The minimum Gasteiger partial charge on any atom is -0.356 e. The number of nitrogens with one attached hydrogen (secondary N) is 2. The lowest BCUT2D eigenvalue weighted by Crippen LogP contribution is -2.26. The van der Waals surface area contributed by atoms with Gasteiger partial charge in [0.1, 0.15) is 0 Å². The molecule has 1 amide bonds. The fourth-order valence-corrected chi connectivity index (χ4v) is 1.39. The maximum atomic E-state index is 11.4. The van der Waals surface area contributed by atoms with Gasteiger partial charge in [-0.25, -0.2) is 0 Å². The van der Waals surface area contributed by atoms with Crippen LogP contribution in [0.5, 0.6) is 0 Å². The van der Waals surface area contributed by atoms with Gasteiger partial charge in [0.2, 0.25) is 5.91 Å². The molecule has 0 spiro atoms. The number of amides is 1. The number of aryl methyl sites for hydroxylation is 1. The van der Waals surface area contributed by atoms with E-state index in [-0.39, 0.29) is 30.7 Å². The van der Waals surface area contributed by atoms with Crippen molar-refractivity contribution in [2.45, 2.75) is 19.3 Å². The number of nitrogens with zero attached hydrogens (tertiary/aromatic N) is 1. The first-order valence-electron chi connectivity index (χ1n) is 5.63. The van der Waals surface area contributed by atoms with Crippen molar-refractivity contribution in [1.82, 2.24) is 15.6 Å². The molecule has 0 saturated heterocycles. The van der Waals surface area contributed by atoms with Crippen molar-refractivity contribution in [1.29, 1.82) is 0 Å². The Hall–Kier alpha value is -0.840. The van der Waals surface area contributed by atoms with Gasteiger partial charge in [0.05, 0.1) is 0 Å². The largest absolute Gasteiger partial charge is 0.356 e. The molecule has 18 heavy (non-hydrogen) atoms. The molecule has 1 aromatic heterocycles. The number of hydrogen-bond acceptors (Lipinski definition) is 3. The predicted octanol–water partition coefficient (Wildman–Crippen LogP) is 1.58. The molecule has 2 N–H and O–H groups in total. The van der Waals surface area contributed by atoms with Crippen molar-refractivity contribution in [3.63, 3.8) is 0 Å². The summed E-state index contributed by atoms with van der Waals surface area (Å²) in [6, 6.07) is 3.88. The van der Waals surface area contributed by atoms with E-state index in [0.29, 0.717) is 6.42 Å². The van der Waals surface area contributed by atoms with Gasteiger partial charge in [-0.1, -0.05) is 0 Å². The Kier molecular flexibility index (Phi) is 13.7. The highest BCUT2D eigenvalue weighted by Crippen LogP contribution is 2.00. The zero-order chi connectivity index (χ0) is 11.6. The number of carbonyl (C=O) groups is 1. The van der Waals surface area contributed by atoms with Gasteiger partial charge in [0.15, 0.2) is 0 Å². The van der Waals surface area contributed by atoms with E-state index in [2.05, 4.69) is 15.6 Å². The van der Waals surface area contributed by atoms with E-state index >= 15 is 0 Å². The lowest BCUT2D eigenvalue weighted by molar-refractivity contribution is -0.121. The fourth-order valence-electron chi connectivity index (χ4n) is 1.39. The third-order valence-corrected chi connectivity index (χ3v) is 2.32. The average Bonchev–Trinajstić information content (AvgIpc) is 2.33. The van der Waals surface area contributed by atoms with Crippen molar-refractivity contribution in [2.75, 3.05) is 20.1 Å². The van der Waals surface area contributed by atoms with E-state index in [9.17, 15) is 4.79 Å². The molecule has 1 rings (SSSR count). The van der Waals surface area contributed by atoms with Gasteiger partial charge >= 0.3 is 0 Å². The first kappa shape index (κ1) is 19.5. The number of aromatic nitrogens is 1. The summed E-state index contributed by atoms with van der Waals surface area (Å²) >= 11 is 0. The van der Waals surface area contributed by atoms with Crippen molar-refractivity contribution in [3.05, 3.63) is 30.1 Å². The summed E-state index contributed by atoms with van der Waals surface area (Å²) in [4.78, 5) is 15.4. The molecule has 0 aliphatic carbocycles. The highest BCUT2D eigenvalue weighted by Gasteiger charge is 2.00. The van der Waals surface area contributed by atoms with Gasteiger partial charge in [-0.2, -0.15) is 0 Å². The van der Waals surface area contributed by atoms with E-state index in [1.165, 1.54) is 0 Å². The Morgan fingerprint density at radius 3 is 2.50 bits per heavy atom. The van der Waals surface area contributed by atoms with Gasteiger partial charge in [-0.15, -0.1) is 24.8 Å². The Morgan fingerprint density at radius 1 is 1.22 bits per heavy atom. The molecular formula is C12H21Cl2N3O. The normalized spacial score (nSPS) is 8.94. The topological polar surface area (TPSA) is 54.0 Å². The predicted molar refractivity (Wildman–Crippen MR) is 78.6 cm³/mol. The minimum atomic E-state index is 0. The summed E-state index contributed by atoms with van der Waals surface area (Å²) < 4.78 is 0. The van der Waals surface area contributed by atoms with Crippen LogP contribution in [-0.2, 0) is 11.2 Å². The maximum absolute atomic E-state index is 11.4. The fraction of sp³-hybridized carbons (Fsp3) is 0.500. The van der Waals surface area contributed by atoms with E-state index in [0.717, 1.165) is 31.5 Å². The molecule has 104 valence electrons. The number of halogens is 2. The van der Waals surface area contributed by atoms with Crippen molar-refractivity contribution in [3.8, 4) is 0 Å². The molecule has 0 bridgehead atoms. The van der Waals surface area contributed by atoms with Gasteiger partial charge < -0.3 is 10.6 Å². The molecule has 1 heterocycles. The van der Waals surface area contributed by atoms with Crippen molar-refractivity contribution >= 4 is 30.7 Å². The standard InChI is InChI=1S/C12H19N3O.2ClH/c1-13-7-2-8-15-12(16)4-3-11-5-9-14-10-6-11;;/h5-6,9-10,13H,2-4,7-8H2,1H3,(H,15,16);2*1H.